The van der Waals surface area contributed by atoms with Crippen LogP contribution in [0.3, 0.4) is 0 Å². The number of rotatable bonds is 8. The molecule has 7 nitrogen and oxygen atoms in total. The minimum Gasteiger partial charge on any atom is -0.493 e. The van der Waals surface area contributed by atoms with Gasteiger partial charge in [-0.2, -0.15) is 0 Å². The van der Waals surface area contributed by atoms with E-state index in [2.05, 4.69) is 5.32 Å². The van der Waals surface area contributed by atoms with Gasteiger partial charge >= 0.3 is 0 Å². The van der Waals surface area contributed by atoms with Crippen LogP contribution in [-0.2, 0) is 21.4 Å². The largest absolute Gasteiger partial charge is 0.493 e. The molecule has 2 aromatic carbocycles. The Morgan fingerprint density at radius 2 is 1.85 bits per heavy atom. The highest BCUT2D eigenvalue weighted by Gasteiger charge is 2.07. The Kier molecular flexibility index (Phi) is 6.98. The van der Waals surface area contributed by atoms with Crippen LogP contribution in [0.2, 0.25) is 0 Å². The zero-order chi connectivity index (χ0) is 19.9. The molecule has 0 aliphatic carbocycles. The summed E-state index contributed by atoms with van der Waals surface area (Å²) in [5, 5.41) is 7.77. The van der Waals surface area contributed by atoms with Crippen molar-refractivity contribution in [3.8, 4) is 11.5 Å². The van der Waals surface area contributed by atoms with E-state index in [0.717, 1.165) is 11.1 Å². The molecule has 0 heterocycles. The van der Waals surface area contributed by atoms with E-state index in [4.69, 9.17) is 14.6 Å². The molecular formula is C19H22N2O5S. The quantitative estimate of drug-likeness (QED) is 0.671. The van der Waals surface area contributed by atoms with Gasteiger partial charge in [0.05, 0.1) is 18.6 Å². The van der Waals surface area contributed by atoms with Crippen molar-refractivity contribution in [2.45, 2.75) is 18.4 Å². The highest BCUT2D eigenvalue weighted by Crippen LogP contribution is 2.28. The van der Waals surface area contributed by atoms with E-state index in [1.54, 1.807) is 37.5 Å². The smallest absolute Gasteiger partial charge is 0.244 e. The van der Waals surface area contributed by atoms with Gasteiger partial charge < -0.3 is 14.8 Å². The Bertz CT molecular complexity index is 922. The molecule has 2 aromatic rings. The van der Waals surface area contributed by atoms with Gasteiger partial charge in [0.15, 0.2) is 11.5 Å². The lowest BCUT2D eigenvalue weighted by Gasteiger charge is -2.09. The van der Waals surface area contributed by atoms with Crippen LogP contribution in [0, 0.1) is 0 Å². The molecule has 0 saturated carbocycles. The molecule has 144 valence electrons. The Balaban J connectivity index is 1.95. The number of nitrogens with one attached hydrogen (secondary N) is 1. The summed E-state index contributed by atoms with van der Waals surface area (Å²) in [6, 6.07) is 11.4. The predicted octanol–water partition coefficient (Wildman–Crippen LogP) is 2.07. The minimum absolute atomic E-state index is 0.0296. The Hall–Kier alpha value is -2.84. The van der Waals surface area contributed by atoms with E-state index in [1.165, 1.54) is 18.2 Å². The lowest BCUT2D eigenvalue weighted by atomic mass is 10.2. The van der Waals surface area contributed by atoms with Crippen molar-refractivity contribution in [1.82, 2.24) is 5.32 Å². The highest BCUT2D eigenvalue weighted by atomic mass is 32.2. The predicted molar refractivity (Wildman–Crippen MR) is 103 cm³/mol. The summed E-state index contributed by atoms with van der Waals surface area (Å²) >= 11 is 0. The lowest BCUT2D eigenvalue weighted by molar-refractivity contribution is -0.116. The maximum absolute atomic E-state index is 12.0. The molecule has 0 spiro atoms. The van der Waals surface area contributed by atoms with E-state index >= 15 is 0 Å². The fourth-order valence-electron chi connectivity index (χ4n) is 2.28. The van der Waals surface area contributed by atoms with Gasteiger partial charge in [-0.1, -0.05) is 18.2 Å². The maximum Gasteiger partial charge on any atom is 0.244 e. The second kappa shape index (κ2) is 9.20. The van der Waals surface area contributed by atoms with E-state index in [-0.39, 0.29) is 17.3 Å². The van der Waals surface area contributed by atoms with E-state index in [0.29, 0.717) is 18.1 Å². The third-order valence-electron chi connectivity index (χ3n) is 3.63. The Labute approximate surface area is 158 Å². The topological polar surface area (TPSA) is 108 Å². The third kappa shape index (κ3) is 6.12. The zero-order valence-corrected chi connectivity index (χ0v) is 16.0. The lowest BCUT2D eigenvalue weighted by Crippen LogP contribution is -2.20. The summed E-state index contributed by atoms with van der Waals surface area (Å²) in [5.74, 6) is 0.956. The Morgan fingerprint density at radius 3 is 2.44 bits per heavy atom. The van der Waals surface area contributed by atoms with Crippen LogP contribution in [0.25, 0.3) is 6.08 Å². The van der Waals surface area contributed by atoms with Gasteiger partial charge in [0.1, 0.15) is 0 Å². The second-order valence-corrected chi connectivity index (χ2v) is 7.14. The van der Waals surface area contributed by atoms with Crippen molar-refractivity contribution >= 4 is 22.0 Å². The van der Waals surface area contributed by atoms with Crippen LogP contribution < -0.4 is 19.9 Å². The first-order chi connectivity index (χ1) is 12.8. The molecule has 2 rings (SSSR count). The Morgan fingerprint density at radius 1 is 1.15 bits per heavy atom. The van der Waals surface area contributed by atoms with Crippen molar-refractivity contribution < 1.29 is 22.7 Å². The van der Waals surface area contributed by atoms with Crippen LogP contribution in [0.4, 0.5) is 0 Å². The van der Waals surface area contributed by atoms with Gasteiger partial charge in [-0.3, -0.25) is 4.79 Å². The number of carbonyl (C=O) groups is 1. The molecule has 0 fully saturated rings. The van der Waals surface area contributed by atoms with E-state index in [1.807, 2.05) is 13.0 Å². The molecule has 0 unspecified atom stereocenters. The second-order valence-electron chi connectivity index (χ2n) is 5.58. The average molecular weight is 390 g/mol. The van der Waals surface area contributed by atoms with E-state index < -0.39 is 10.0 Å². The van der Waals surface area contributed by atoms with Crippen LogP contribution in [0.5, 0.6) is 11.5 Å². The molecule has 1 amide bonds. The number of ether oxygens (including phenoxy) is 2. The average Bonchev–Trinajstić information content (AvgIpc) is 2.65. The number of benzene rings is 2. The molecule has 0 radical (unpaired) electrons. The number of primary sulfonamides is 1. The van der Waals surface area contributed by atoms with Gasteiger partial charge in [0.2, 0.25) is 15.9 Å². The minimum atomic E-state index is -3.72. The van der Waals surface area contributed by atoms with Crippen molar-refractivity contribution in [3.05, 3.63) is 59.7 Å². The molecule has 0 atom stereocenters. The van der Waals surface area contributed by atoms with Gasteiger partial charge in [-0.25, -0.2) is 13.6 Å². The van der Waals surface area contributed by atoms with E-state index in [9.17, 15) is 13.2 Å². The van der Waals surface area contributed by atoms with Crippen LogP contribution >= 0.6 is 0 Å². The summed E-state index contributed by atoms with van der Waals surface area (Å²) in [6.07, 6.45) is 3.07. The molecule has 0 aromatic heterocycles. The van der Waals surface area contributed by atoms with Gasteiger partial charge in [0.25, 0.3) is 0 Å². The number of carbonyl (C=O) groups excluding carboxylic acids is 1. The summed E-state index contributed by atoms with van der Waals surface area (Å²) in [4.78, 5) is 12.0. The molecular weight excluding hydrogens is 368 g/mol. The summed E-state index contributed by atoms with van der Waals surface area (Å²) in [7, 11) is -2.17. The molecule has 27 heavy (non-hydrogen) atoms. The number of sulfonamides is 1. The van der Waals surface area contributed by atoms with Crippen molar-refractivity contribution in [2.75, 3.05) is 13.7 Å². The first kappa shape index (κ1) is 20.5. The van der Waals surface area contributed by atoms with Gasteiger partial charge in [-0.15, -0.1) is 0 Å². The molecule has 0 bridgehead atoms. The van der Waals surface area contributed by atoms with Crippen LogP contribution in [-0.4, -0.2) is 28.0 Å². The fraction of sp³-hybridized carbons (Fsp3) is 0.211. The number of hydrogen-bond donors (Lipinski definition) is 2. The van der Waals surface area contributed by atoms with Gasteiger partial charge in [-0.05, 0) is 48.4 Å². The van der Waals surface area contributed by atoms with Crippen molar-refractivity contribution in [3.63, 3.8) is 0 Å². The zero-order valence-electron chi connectivity index (χ0n) is 15.1. The standard InChI is InChI=1S/C19H22N2O5S/c1-3-26-17-10-6-14(12-18(17)25-2)7-11-19(22)21-13-15-4-8-16(9-5-15)27(20,23)24/h4-12H,3,13H2,1-2H3,(H,21,22)(H2,20,23,24)/b11-7+. The SMILES string of the molecule is CCOc1ccc(/C=C/C(=O)NCc2ccc(S(N)(=O)=O)cc2)cc1OC. The molecule has 0 aliphatic rings. The summed E-state index contributed by atoms with van der Waals surface area (Å²) in [5.41, 5.74) is 1.55. The molecule has 0 saturated heterocycles. The normalized spacial score (nSPS) is 11.4. The first-order valence-corrected chi connectivity index (χ1v) is 9.76. The summed E-state index contributed by atoms with van der Waals surface area (Å²) < 4.78 is 33.2. The molecule has 8 heteroatoms. The van der Waals surface area contributed by atoms with Crippen LogP contribution in [0.15, 0.2) is 53.4 Å². The molecule has 0 aliphatic heterocycles. The van der Waals surface area contributed by atoms with Crippen molar-refractivity contribution in [2.24, 2.45) is 5.14 Å². The number of nitrogens with two attached hydrogens (primary N) is 1. The monoisotopic (exact) mass is 390 g/mol. The highest BCUT2D eigenvalue weighted by molar-refractivity contribution is 7.89. The fourth-order valence-corrected chi connectivity index (χ4v) is 2.80. The number of amides is 1. The maximum atomic E-state index is 12.0. The molecule has 3 N–H and O–H groups in total. The van der Waals surface area contributed by atoms with Crippen molar-refractivity contribution in [1.29, 1.82) is 0 Å². The van der Waals surface area contributed by atoms with Crippen LogP contribution in [0.1, 0.15) is 18.1 Å². The third-order valence-corrected chi connectivity index (χ3v) is 4.56. The number of methoxy groups -OCH3 is 1. The summed E-state index contributed by atoms with van der Waals surface area (Å²) in [6.45, 7) is 2.69. The first-order valence-electron chi connectivity index (χ1n) is 8.22. The van der Waals surface area contributed by atoms with Gasteiger partial charge in [0, 0.05) is 12.6 Å². The number of hydrogen-bond acceptors (Lipinski definition) is 5.